The second kappa shape index (κ2) is 6.14. The summed E-state index contributed by atoms with van der Waals surface area (Å²) < 4.78 is 1.85. The van der Waals surface area contributed by atoms with Crippen molar-refractivity contribution >= 4 is 0 Å². The van der Waals surface area contributed by atoms with Crippen LogP contribution in [0.3, 0.4) is 0 Å². The average molecular weight is 254 g/mol. The van der Waals surface area contributed by atoms with Crippen molar-refractivity contribution in [3.05, 3.63) is 46.8 Å². The van der Waals surface area contributed by atoms with Gasteiger partial charge in [0.15, 0.2) is 5.69 Å². The highest BCUT2D eigenvalue weighted by atomic mass is 15.4. The van der Waals surface area contributed by atoms with Crippen LogP contribution in [0.4, 0.5) is 0 Å². The number of aryl methyl sites for hydroxylation is 1. The highest BCUT2D eigenvalue weighted by molar-refractivity contribution is 5.26. The molecule has 0 bridgehead atoms. The highest BCUT2D eigenvalue weighted by Crippen LogP contribution is 2.12. The molecule has 19 heavy (non-hydrogen) atoms. The van der Waals surface area contributed by atoms with Crippen LogP contribution in [-0.4, -0.2) is 15.0 Å². The van der Waals surface area contributed by atoms with E-state index in [1.807, 2.05) is 4.68 Å². The van der Waals surface area contributed by atoms with Gasteiger partial charge in [-0.2, -0.15) is 5.26 Å². The molecule has 0 aliphatic rings. The topological polar surface area (TPSA) is 54.5 Å². The molecule has 0 spiro atoms. The quantitative estimate of drug-likeness (QED) is 0.824. The maximum atomic E-state index is 9.07. The molecule has 0 aliphatic heterocycles. The van der Waals surface area contributed by atoms with Crippen molar-refractivity contribution < 1.29 is 0 Å². The number of nitrogens with zero attached hydrogens (tertiary/aromatic N) is 4. The Morgan fingerprint density at radius 3 is 2.63 bits per heavy atom. The van der Waals surface area contributed by atoms with E-state index >= 15 is 0 Å². The van der Waals surface area contributed by atoms with Gasteiger partial charge in [0.1, 0.15) is 6.07 Å². The lowest BCUT2D eigenvalue weighted by atomic mass is 10.1. The van der Waals surface area contributed by atoms with Gasteiger partial charge in [-0.1, -0.05) is 48.4 Å². The van der Waals surface area contributed by atoms with Gasteiger partial charge < -0.3 is 0 Å². The van der Waals surface area contributed by atoms with E-state index in [1.54, 1.807) is 0 Å². The molecule has 1 aromatic heterocycles. The summed E-state index contributed by atoms with van der Waals surface area (Å²) in [6.07, 6.45) is 3.01. The summed E-state index contributed by atoms with van der Waals surface area (Å²) in [6.45, 7) is 4.88. The Morgan fingerprint density at radius 1 is 1.26 bits per heavy atom. The normalized spacial score (nSPS) is 10.4. The molecule has 0 unspecified atom stereocenters. The monoisotopic (exact) mass is 254 g/mol. The number of hydrogen-bond donors (Lipinski definition) is 0. The first kappa shape index (κ1) is 13.3. The van der Waals surface area contributed by atoms with Gasteiger partial charge in [-0.25, -0.2) is 4.68 Å². The summed E-state index contributed by atoms with van der Waals surface area (Å²) in [4.78, 5) is 0. The first-order valence-corrected chi connectivity index (χ1v) is 6.62. The van der Waals surface area contributed by atoms with Gasteiger partial charge in [-0.05, 0) is 25.3 Å². The van der Waals surface area contributed by atoms with Crippen molar-refractivity contribution in [1.82, 2.24) is 15.0 Å². The largest absolute Gasteiger partial charge is 0.244 e. The number of hydrogen-bond acceptors (Lipinski definition) is 3. The fraction of sp³-hybridized carbons (Fsp3) is 0.400. The van der Waals surface area contributed by atoms with Gasteiger partial charge in [-0.15, -0.1) is 5.10 Å². The summed E-state index contributed by atoms with van der Waals surface area (Å²) in [5.41, 5.74) is 3.83. The van der Waals surface area contributed by atoms with E-state index in [0.717, 1.165) is 25.0 Å². The van der Waals surface area contributed by atoms with E-state index < -0.39 is 0 Å². The summed E-state index contributed by atoms with van der Waals surface area (Å²) in [5, 5.41) is 17.1. The van der Waals surface area contributed by atoms with Crippen molar-refractivity contribution in [2.45, 2.75) is 39.7 Å². The fourth-order valence-electron chi connectivity index (χ4n) is 2.00. The van der Waals surface area contributed by atoms with Gasteiger partial charge in [-0.3, -0.25) is 0 Å². The lowest BCUT2D eigenvalue weighted by molar-refractivity contribution is 0.606. The van der Waals surface area contributed by atoms with Crippen molar-refractivity contribution in [3.8, 4) is 6.07 Å². The van der Waals surface area contributed by atoms with Crippen molar-refractivity contribution in [2.75, 3.05) is 0 Å². The zero-order valence-electron chi connectivity index (χ0n) is 11.4. The van der Waals surface area contributed by atoms with Crippen LogP contribution in [0.15, 0.2) is 24.3 Å². The Labute approximate surface area is 113 Å². The molecule has 0 saturated heterocycles. The molecule has 0 N–H and O–H groups in total. The van der Waals surface area contributed by atoms with Gasteiger partial charge in [0.25, 0.3) is 0 Å². The Bertz CT molecular complexity index is 575. The number of nitriles is 1. The molecular weight excluding hydrogens is 236 g/mol. The third-order valence-electron chi connectivity index (χ3n) is 3.16. The maximum Gasteiger partial charge on any atom is 0.185 e. The Balaban J connectivity index is 2.22. The molecule has 0 radical (unpaired) electrons. The van der Waals surface area contributed by atoms with E-state index in [2.05, 4.69) is 54.5 Å². The SMILES string of the molecule is CCCCc1c(C#N)nnn1Cc1ccc(C)cc1. The third kappa shape index (κ3) is 3.19. The molecule has 0 amide bonds. The minimum atomic E-state index is 0.459. The molecule has 98 valence electrons. The summed E-state index contributed by atoms with van der Waals surface area (Å²) in [5.74, 6) is 0. The zero-order valence-corrected chi connectivity index (χ0v) is 11.4. The molecule has 0 aliphatic carbocycles. The van der Waals surface area contributed by atoms with E-state index in [-0.39, 0.29) is 0 Å². The standard InChI is InChI=1S/C15H18N4/c1-3-4-5-15-14(10-16)17-18-19(15)11-13-8-6-12(2)7-9-13/h6-9H,3-5,11H2,1-2H3. The van der Waals surface area contributed by atoms with E-state index in [9.17, 15) is 0 Å². The summed E-state index contributed by atoms with van der Waals surface area (Å²) in [6, 6.07) is 10.5. The molecule has 0 atom stereocenters. The van der Waals surface area contributed by atoms with Gasteiger partial charge in [0.05, 0.1) is 12.2 Å². The molecule has 2 aromatic rings. The summed E-state index contributed by atoms with van der Waals surface area (Å²) >= 11 is 0. The lowest BCUT2D eigenvalue weighted by Crippen LogP contribution is -2.07. The number of aromatic nitrogens is 3. The van der Waals surface area contributed by atoms with Crippen molar-refractivity contribution in [3.63, 3.8) is 0 Å². The lowest BCUT2D eigenvalue weighted by Gasteiger charge is -2.06. The molecule has 1 aromatic carbocycles. The van der Waals surface area contributed by atoms with Crippen LogP contribution < -0.4 is 0 Å². The van der Waals surface area contributed by atoms with Crippen molar-refractivity contribution in [2.24, 2.45) is 0 Å². The van der Waals surface area contributed by atoms with Crippen LogP contribution in [0, 0.1) is 18.3 Å². The minimum absolute atomic E-state index is 0.459. The third-order valence-corrected chi connectivity index (χ3v) is 3.16. The van der Waals surface area contributed by atoms with Crippen LogP contribution in [-0.2, 0) is 13.0 Å². The van der Waals surface area contributed by atoms with Crippen LogP contribution in [0.1, 0.15) is 42.3 Å². The summed E-state index contributed by atoms with van der Waals surface area (Å²) in [7, 11) is 0. The van der Waals surface area contributed by atoms with Crippen molar-refractivity contribution in [1.29, 1.82) is 5.26 Å². The van der Waals surface area contributed by atoms with Crippen LogP contribution >= 0.6 is 0 Å². The first-order valence-electron chi connectivity index (χ1n) is 6.62. The first-order chi connectivity index (χ1) is 9.24. The Kier molecular flexibility index (Phi) is 4.30. The molecule has 1 heterocycles. The van der Waals surface area contributed by atoms with E-state index in [1.165, 1.54) is 11.1 Å². The van der Waals surface area contributed by atoms with Crippen LogP contribution in [0.2, 0.25) is 0 Å². The molecule has 2 rings (SSSR count). The molecule has 0 fully saturated rings. The van der Waals surface area contributed by atoms with Gasteiger partial charge in [0, 0.05) is 0 Å². The van der Waals surface area contributed by atoms with Gasteiger partial charge in [0.2, 0.25) is 0 Å². The fourth-order valence-corrected chi connectivity index (χ4v) is 2.00. The molecular formula is C15H18N4. The molecule has 4 nitrogen and oxygen atoms in total. The second-order valence-electron chi connectivity index (χ2n) is 4.74. The predicted molar refractivity (Wildman–Crippen MR) is 73.6 cm³/mol. The Morgan fingerprint density at radius 2 is 2.00 bits per heavy atom. The number of benzene rings is 1. The maximum absolute atomic E-state index is 9.07. The van der Waals surface area contributed by atoms with Crippen LogP contribution in [0.5, 0.6) is 0 Å². The second-order valence-corrected chi connectivity index (χ2v) is 4.74. The van der Waals surface area contributed by atoms with Gasteiger partial charge >= 0.3 is 0 Å². The average Bonchev–Trinajstić information content (AvgIpc) is 2.81. The van der Waals surface area contributed by atoms with E-state index in [4.69, 9.17) is 5.26 Å². The number of unbranched alkanes of at least 4 members (excludes halogenated alkanes) is 1. The Hall–Kier alpha value is -2.15. The molecule has 4 heteroatoms. The zero-order chi connectivity index (χ0) is 13.7. The highest BCUT2D eigenvalue weighted by Gasteiger charge is 2.12. The van der Waals surface area contributed by atoms with E-state index in [0.29, 0.717) is 12.2 Å². The predicted octanol–water partition coefficient (Wildman–Crippen LogP) is 2.85. The smallest absolute Gasteiger partial charge is 0.185 e. The van der Waals surface area contributed by atoms with Crippen LogP contribution in [0.25, 0.3) is 0 Å². The number of rotatable bonds is 5. The molecule has 0 saturated carbocycles. The minimum Gasteiger partial charge on any atom is -0.244 e.